The van der Waals surface area contributed by atoms with Gasteiger partial charge in [-0.25, -0.2) is 17.9 Å². The summed E-state index contributed by atoms with van der Waals surface area (Å²) in [6.45, 7) is 6.78. The van der Waals surface area contributed by atoms with Gasteiger partial charge in [-0.2, -0.15) is 0 Å². The van der Waals surface area contributed by atoms with E-state index in [4.69, 9.17) is 0 Å². The van der Waals surface area contributed by atoms with Crippen LogP contribution in [0.3, 0.4) is 0 Å². The summed E-state index contributed by atoms with van der Waals surface area (Å²) in [5.74, 6) is -4.17. The van der Waals surface area contributed by atoms with Crippen LogP contribution in [-0.2, 0) is 9.59 Å². The minimum absolute atomic E-state index is 0.0115. The fourth-order valence-electron chi connectivity index (χ4n) is 4.82. The van der Waals surface area contributed by atoms with Gasteiger partial charge in [0.1, 0.15) is 29.2 Å². The van der Waals surface area contributed by atoms with E-state index >= 15 is 0 Å². The van der Waals surface area contributed by atoms with Gasteiger partial charge in [0.15, 0.2) is 0 Å². The number of carbonyl (C=O) groups excluding carboxylic acids is 2. The van der Waals surface area contributed by atoms with Gasteiger partial charge in [-0.05, 0) is 36.5 Å². The van der Waals surface area contributed by atoms with E-state index in [0.29, 0.717) is 29.0 Å². The summed E-state index contributed by atoms with van der Waals surface area (Å²) >= 11 is 0. The molecule has 1 fully saturated rings. The first-order valence-corrected chi connectivity index (χ1v) is 13.2. The second-order valence-electron chi connectivity index (χ2n) is 10.6. The number of amides is 2. The largest absolute Gasteiger partial charge is 0.394 e. The number of aliphatic hydroxyl groups excluding tert-OH is 2. The van der Waals surface area contributed by atoms with Crippen molar-refractivity contribution in [1.82, 2.24) is 25.2 Å². The van der Waals surface area contributed by atoms with Crippen LogP contribution in [0.15, 0.2) is 48.2 Å². The zero-order valence-electron chi connectivity index (χ0n) is 23.1. The average Bonchev–Trinajstić information content (AvgIpc) is 3.54. The average molecular weight is 572 g/mol. The molecule has 12 heteroatoms. The van der Waals surface area contributed by atoms with E-state index in [1.54, 1.807) is 20.0 Å². The molecule has 1 aliphatic rings. The van der Waals surface area contributed by atoms with Crippen molar-refractivity contribution in [3.63, 3.8) is 0 Å². The Morgan fingerprint density at radius 3 is 2.27 bits per heavy atom. The molecule has 3 N–H and O–H groups in total. The van der Waals surface area contributed by atoms with E-state index < -0.39 is 59.6 Å². The summed E-state index contributed by atoms with van der Waals surface area (Å²) in [4.78, 5) is 28.3. The Labute approximate surface area is 235 Å². The molecule has 0 unspecified atom stereocenters. The van der Waals surface area contributed by atoms with Crippen molar-refractivity contribution >= 4 is 17.5 Å². The Hall–Kier alpha value is -4.03. The van der Waals surface area contributed by atoms with Gasteiger partial charge in [-0.1, -0.05) is 43.3 Å². The van der Waals surface area contributed by atoms with Crippen molar-refractivity contribution in [1.29, 1.82) is 0 Å². The first-order valence-electron chi connectivity index (χ1n) is 13.2. The molecule has 1 aliphatic heterocycles. The minimum Gasteiger partial charge on any atom is -0.394 e. The summed E-state index contributed by atoms with van der Waals surface area (Å²) in [5.41, 5.74) is 1.71. The van der Waals surface area contributed by atoms with E-state index in [9.17, 15) is 33.0 Å². The van der Waals surface area contributed by atoms with Crippen molar-refractivity contribution in [3.05, 3.63) is 76.9 Å². The number of hydrogen-bond donors (Lipinski definition) is 3. The van der Waals surface area contributed by atoms with Crippen molar-refractivity contribution in [2.24, 2.45) is 0 Å². The van der Waals surface area contributed by atoms with Gasteiger partial charge in [0.05, 0.1) is 36.2 Å². The predicted octanol–water partition coefficient (Wildman–Crippen LogP) is 3.55. The first kappa shape index (κ1) is 29.9. The highest BCUT2D eigenvalue weighted by Gasteiger charge is 2.41. The molecular weight excluding hydrogens is 539 g/mol. The zero-order valence-corrected chi connectivity index (χ0v) is 23.1. The van der Waals surface area contributed by atoms with Crippen molar-refractivity contribution in [2.45, 2.75) is 58.2 Å². The molecule has 1 saturated heterocycles. The van der Waals surface area contributed by atoms with E-state index in [1.807, 2.05) is 13.8 Å². The zero-order chi connectivity index (χ0) is 30.0. The molecule has 1 aromatic heterocycles. The highest BCUT2D eigenvalue weighted by molar-refractivity contribution is 6.15. The van der Waals surface area contributed by atoms with Crippen molar-refractivity contribution in [2.75, 3.05) is 13.2 Å². The first-order chi connectivity index (χ1) is 19.4. The summed E-state index contributed by atoms with van der Waals surface area (Å²) in [5, 5.41) is 31.3. The molecular formula is C29H32F3N5O4. The van der Waals surface area contributed by atoms with E-state index in [0.717, 1.165) is 0 Å². The Balaban J connectivity index is 1.54. The van der Waals surface area contributed by atoms with E-state index in [1.165, 1.54) is 33.8 Å². The normalized spacial score (nSPS) is 17.6. The molecule has 3 atom stereocenters. The number of hydrogen-bond acceptors (Lipinski definition) is 6. The second-order valence-corrected chi connectivity index (χ2v) is 10.6. The molecule has 41 heavy (non-hydrogen) atoms. The standard InChI is InChI=1S/C29H32F3N5O4/c1-15(2)23-13-37(35-34-23)27(16(3)4)29(41)36-12-20(39)11-25(36)28(40)33-24(14-38)17-5-7-18(8-6-17)26-21(31)9-19(30)10-22(26)32/h5-10,13,15,20,24-25,38-39H,11-12,14H2,1-4H3,(H,33,40)/t20-,24+,25+/m1/s1. The number of likely N-dealkylation sites (tertiary alicyclic amines) is 1. The van der Waals surface area contributed by atoms with Gasteiger partial charge >= 0.3 is 0 Å². The molecule has 9 nitrogen and oxygen atoms in total. The number of carbonyl (C=O) groups is 2. The molecule has 218 valence electrons. The Morgan fingerprint density at radius 2 is 1.73 bits per heavy atom. The highest BCUT2D eigenvalue weighted by Crippen LogP contribution is 2.29. The van der Waals surface area contributed by atoms with Gasteiger partial charge in [0.2, 0.25) is 5.91 Å². The molecule has 4 rings (SSSR count). The molecule has 3 aromatic rings. The molecule has 2 amide bonds. The lowest BCUT2D eigenvalue weighted by Crippen LogP contribution is -2.48. The van der Waals surface area contributed by atoms with Crippen LogP contribution in [-0.4, -0.2) is 67.2 Å². The lowest BCUT2D eigenvalue weighted by molar-refractivity contribution is -0.135. The summed E-state index contributed by atoms with van der Waals surface area (Å²) in [7, 11) is 0. The van der Waals surface area contributed by atoms with Crippen LogP contribution >= 0.6 is 0 Å². The molecule has 0 aliphatic carbocycles. The quantitative estimate of drug-likeness (QED) is 0.356. The third-order valence-electron chi connectivity index (χ3n) is 6.96. The summed E-state index contributed by atoms with van der Waals surface area (Å²) in [6, 6.07) is 4.95. The van der Waals surface area contributed by atoms with Crippen LogP contribution in [0.4, 0.5) is 13.2 Å². The van der Waals surface area contributed by atoms with Crippen molar-refractivity contribution < 1.29 is 33.0 Å². The maximum atomic E-state index is 14.2. The Morgan fingerprint density at radius 1 is 1.10 bits per heavy atom. The molecule has 0 radical (unpaired) electrons. The predicted molar refractivity (Wildman–Crippen MR) is 145 cm³/mol. The number of rotatable bonds is 8. The maximum Gasteiger partial charge on any atom is 0.273 e. The maximum absolute atomic E-state index is 14.2. The van der Waals surface area contributed by atoms with Crippen LogP contribution in [0.1, 0.15) is 57.3 Å². The lowest BCUT2D eigenvalue weighted by atomic mass is 9.99. The number of allylic oxidation sites excluding steroid dienone is 1. The number of aliphatic hydroxyl groups is 2. The van der Waals surface area contributed by atoms with Gasteiger partial charge in [-0.3, -0.25) is 9.59 Å². The second kappa shape index (κ2) is 12.2. The summed E-state index contributed by atoms with van der Waals surface area (Å²) < 4.78 is 43.1. The van der Waals surface area contributed by atoms with E-state index in [-0.39, 0.29) is 30.1 Å². The Kier molecular flexibility index (Phi) is 8.93. The molecule has 0 saturated carbocycles. The number of halogens is 3. The third kappa shape index (κ3) is 6.33. The van der Waals surface area contributed by atoms with Crippen LogP contribution < -0.4 is 5.32 Å². The van der Waals surface area contributed by atoms with Gasteiger partial charge in [0, 0.05) is 25.1 Å². The number of nitrogens with one attached hydrogen (secondary N) is 1. The van der Waals surface area contributed by atoms with Crippen LogP contribution in [0, 0.1) is 17.5 Å². The van der Waals surface area contributed by atoms with Gasteiger partial charge in [-0.15, -0.1) is 5.10 Å². The molecule has 0 spiro atoms. The fourth-order valence-corrected chi connectivity index (χ4v) is 4.82. The topological polar surface area (TPSA) is 121 Å². The summed E-state index contributed by atoms with van der Waals surface area (Å²) in [6.07, 6.45) is 0.701. The third-order valence-corrected chi connectivity index (χ3v) is 6.96. The number of benzene rings is 2. The highest BCUT2D eigenvalue weighted by atomic mass is 19.1. The van der Waals surface area contributed by atoms with Crippen LogP contribution in [0.2, 0.25) is 0 Å². The minimum atomic E-state index is -1.06. The Bertz CT molecular complexity index is 1440. The van der Waals surface area contributed by atoms with Crippen molar-refractivity contribution in [3.8, 4) is 11.1 Å². The number of aromatic nitrogens is 3. The fraction of sp³-hybridized carbons (Fsp3) is 0.379. The van der Waals surface area contributed by atoms with Gasteiger partial charge in [0.25, 0.3) is 5.91 Å². The number of nitrogens with zero attached hydrogens (tertiary/aromatic N) is 4. The smallest absolute Gasteiger partial charge is 0.273 e. The SMILES string of the molecule is CC(C)=C(C(=O)N1C[C@H](O)C[C@H]1C(=O)N[C@@H](CO)c1ccc(-c2c(F)cc(F)cc2F)cc1)n1cc(C(C)C)nn1. The van der Waals surface area contributed by atoms with Gasteiger partial charge < -0.3 is 20.4 Å². The lowest BCUT2D eigenvalue weighted by Gasteiger charge is -2.27. The van der Waals surface area contributed by atoms with E-state index in [2.05, 4.69) is 15.6 Å². The van der Waals surface area contributed by atoms with Crippen LogP contribution in [0.25, 0.3) is 16.8 Å². The monoisotopic (exact) mass is 571 g/mol. The molecule has 2 aromatic carbocycles. The number of β-amino-alcohol motifs (C(OH)–C–C–N with tert-alkyl or cyclic N) is 1. The molecule has 2 heterocycles. The molecule has 0 bridgehead atoms. The van der Waals surface area contributed by atoms with Crippen LogP contribution in [0.5, 0.6) is 0 Å².